The smallest absolute Gasteiger partial charge is 0.308 e. The van der Waals surface area contributed by atoms with E-state index in [9.17, 15) is 9.90 Å². The fourth-order valence-corrected chi connectivity index (χ4v) is 0.989. The zero-order valence-electron chi connectivity index (χ0n) is 8.43. The number of hydrogen-bond acceptors (Lipinski definition) is 5. The average Bonchev–Trinajstić information content (AvgIpc) is 2.14. The number of aliphatic hydroxyl groups excluding tert-OH is 2. The van der Waals surface area contributed by atoms with Gasteiger partial charge in [-0.3, -0.25) is 4.79 Å². The summed E-state index contributed by atoms with van der Waals surface area (Å²) < 4.78 is 4.64. The summed E-state index contributed by atoms with van der Waals surface area (Å²) in [6.45, 7) is 3.47. The van der Waals surface area contributed by atoms with Gasteiger partial charge in [-0.25, -0.2) is 0 Å². The Bertz CT molecular complexity index is 246. The maximum absolute atomic E-state index is 11.0. The van der Waals surface area contributed by atoms with Crippen LogP contribution in [0, 0.1) is 11.3 Å². The average molecular weight is 213 g/mol. The molecule has 5 heteroatoms. The van der Waals surface area contributed by atoms with Gasteiger partial charge in [0.05, 0.1) is 31.1 Å². The number of ether oxygens (including phenoxy) is 1. The Morgan fingerprint density at radius 1 is 1.53 bits per heavy atom. The van der Waals surface area contributed by atoms with Gasteiger partial charge in [0.2, 0.25) is 0 Å². The molecule has 0 aromatic rings. The number of rotatable bonds is 7. The van der Waals surface area contributed by atoms with E-state index in [0.717, 1.165) is 0 Å². The standard InChI is InChI=1S/C10H15NO4/c1-2-5-15-10(14)7-9(13)6-8(12)3-4-11/h2,8-9,12-13H,1,3,5-7H2. The number of aliphatic hydroxyl groups is 2. The zero-order valence-corrected chi connectivity index (χ0v) is 8.43. The number of carbonyl (C=O) groups excluding carboxylic acids is 1. The van der Waals surface area contributed by atoms with Gasteiger partial charge in [0, 0.05) is 6.42 Å². The van der Waals surface area contributed by atoms with Crippen molar-refractivity contribution in [3.63, 3.8) is 0 Å². The Balaban J connectivity index is 3.72. The highest BCUT2D eigenvalue weighted by Crippen LogP contribution is 2.06. The Morgan fingerprint density at radius 2 is 2.20 bits per heavy atom. The molecule has 0 bridgehead atoms. The zero-order chi connectivity index (χ0) is 11.7. The first-order valence-electron chi connectivity index (χ1n) is 4.59. The number of nitriles is 1. The summed E-state index contributed by atoms with van der Waals surface area (Å²) in [4.78, 5) is 11.0. The molecule has 2 N–H and O–H groups in total. The SMILES string of the molecule is C=CCOC(=O)CC(O)CC(O)CC#N. The quantitative estimate of drug-likeness (QED) is 0.463. The molecule has 0 aromatic heterocycles. The third-order valence-corrected chi connectivity index (χ3v) is 1.64. The molecule has 0 heterocycles. The predicted octanol–water partition coefficient (Wildman–Crippen LogP) is 0.131. The van der Waals surface area contributed by atoms with Crippen LogP contribution in [0.15, 0.2) is 12.7 Å². The van der Waals surface area contributed by atoms with Crippen molar-refractivity contribution in [2.45, 2.75) is 31.5 Å². The van der Waals surface area contributed by atoms with E-state index in [1.54, 1.807) is 6.07 Å². The van der Waals surface area contributed by atoms with E-state index in [-0.39, 0.29) is 25.9 Å². The maximum atomic E-state index is 11.0. The van der Waals surface area contributed by atoms with Crippen molar-refractivity contribution in [3.05, 3.63) is 12.7 Å². The highest BCUT2D eigenvalue weighted by atomic mass is 16.5. The molecule has 0 aliphatic carbocycles. The lowest BCUT2D eigenvalue weighted by Crippen LogP contribution is -2.21. The Hall–Kier alpha value is -1.38. The van der Waals surface area contributed by atoms with Crippen LogP contribution in [0.1, 0.15) is 19.3 Å². The lowest BCUT2D eigenvalue weighted by Gasteiger charge is -2.12. The molecule has 0 saturated heterocycles. The molecule has 0 radical (unpaired) electrons. The Kier molecular flexibility index (Phi) is 7.24. The van der Waals surface area contributed by atoms with E-state index < -0.39 is 18.2 Å². The topological polar surface area (TPSA) is 90.6 Å². The van der Waals surface area contributed by atoms with E-state index in [4.69, 9.17) is 10.4 Å². The summed E-state index contributed by atoms with van der Waals surface area (Å²) in [5.41, 5.74) is 0. The molecule has 0 spiro atoms. The summed E-state index contributed by atoms with van der Waals surface area (Å²) >= 11 is 0. The van der Waals surface area contributed by atoms with E-state index >= 15 is 0 Å². The van der Waals surface area contributed by atoms with Gasteiger partial charge in [0.25, 0.3) is 0 Å². The Labute approximate surface area is 88.6 Å². The minimum absolute atomic E-state index is 0.00322. The van der Waals surface area contributed by atoms with Gasteiger partial charge < -0.3 is 14.9 Å². The van der Waals surface area contributed by atoms with Crippen LogP contribution in [-0.2, 0) is 9.53 Å². The van der Waals surface area contributed by atoms with Crippen LogP contribution in [0.4, 0.5) is 0 Å². The monoisotopic (exact) mass is 213 g/mol. The summed E-state index contributed by atoms with van der Waals surface area (Å²) in [7, 11) is 0. The van der Waals surface area contributed by atoms with Crippen molar-refractivity contribution in [2.75, 3.05) is 6.61 Å². The summed E-state index contributed by atoms with van der Waals surface area (Å²) in [6, 6.07) is 1.77. The maximum Gasteiger partial charge on any atom is 0.308 e. The summed E-state index contributed by atoms with van der Waals surface area (Å²) in [5, 5.41) is 26.7. The second-order valence-corrected chi connectivity index (χ2v) is 3.08. The van der Waals surface area contributed by atoms with Crippen LogP contribution in [0.3, 0.4) is 0 Å². The lowest BCUT2D eigenvalue weighted by atomic mass is 10.1. The molecule has 0 aromatic carbocycles. The first-order valence-corrected chi connectivity index (χ1v) is 4.59. The van der Waals surface area contributed by atoms with Crippen molar-refractivity contribution in [1.29, 1.82) is 5.26 Å². The fraction of sp³-hybridized carbons (Fsp3) is 0.600. The van der Waals surface area contributed by atoms with E-state index in [1.807, 2.05) is 0 Å². The minimum atomic E-state index is -0.981. The van der Waals surface area contributed by atoms with Crippen molar-refractivity contribution in [3.8, 4) is 6.07 Å². The molecule has 2 atom stereocenters. The minimum Gasteiger partial charge on any atom is -0.461 e. The molecule has 2 unspecified atom stereocenters. The van der Waals surface area contributed by atoms with Gasteiger partial charge in [-0.1, -0.05) is 12.7 Å². The van der Waals surface area contributed by atoms with Crippen LogP contribution < -0.4 is 0 Å². The number of nitrogens with zero attached hydrogens (tertiary/aromatic N) is 1. The van der Waals surface area contributed by atoms with Crippen LogP contribution in [-0.4, -0.2) is 35.0 Å². The van der Waals surface area contributed by atoms with Crippen LogP contribution in [0.5, 0.6) is 0 Å². The van der Waals surface area contributed by atoms with Crippen LogP contribution >= 0.6 is 0 Å². The van der Waals surface area contributed by atoms with E-state index in [1.165, 1.54) is 6.08 Å². The van der Waals surface area contributed by atoms with Gasteiger partial charge in [-0.15, -0.1) is 0 Å². The normalized spacial score (nSPS) is 13.7. The lowest BCUT2D eigenvalue weighted by molar-refractivity contribution is -0.144. The van der Waals surface area contributed by atoms with Gasteiger partial charge in [-0.05, 0) is 0 Å². The second-order valence-electron chi connectivity index (χ2n) is 3.08. The van der Waals surface area contributed by atoms with Crippen molar-refractivity contribution < 1.29 is 19.7 Å². The third kappa shape index (κ3) is 7.67. The van der Waals surface area contributed by atoms with Gasteiger partial charge in [-0.2, -0.15) is 5.26 Å². The van der Waals surface area contributed by atoms with Gasteiger partial charge in [0.15, 0.2) is 0 Å². The largest absolute Gasteiger partial charge is 0.461 e. The summed E-state index contributed by atoms with van der Waals surface area (Å²) in [5.74, 6) is -0.549. The first-order chi connectivity index (χ1) is 7.10. The number of carbonyl (C=O) groups is 1. The van der Waals surface area contributed by atoms with Crippen LogP contribution in [0.25, 0.3) is 0 Å². The third-order valence-electron chi connectivity index (χ3n) is 1.64. The molecule has 84 valence electrons. The number of esters is 1. The molecule has 0 amide bonds. The molecule has 5 nitrogen and oxygen atoms in total. The van der Waals surface area contributed by atoms with Gasteiger partial charge in [0.1, 0.15) is 6.61 Å². The van der Waals surface area contributed by atoms with Crippen molar-refractivity contribution in [1.82, 2.24) is 0 Å². The highest BCUT2D eigenvalue weighted by Gasteiger charge is 2.15. The Morgan fingerprint density at radius 3 is 2.73 bits per heavy atom. The number of hydrogen-bond donors (Lipinski definition) is 2. The highest BCUT2D eigenvalue weighted by molar-refractivity contribution is 5.70. The van der Waals surface area contributed by atoms with Crippen molar-refractivity contribution >= 4 is 5.97 Å². The van der Waals surface area contributed by atoms with E-state index in [0.29, 0.717) is 0 Å². The molecular formula is C10H15NO4. The van der Waals surface area contributed by atoms with E-state index in [2.05, 4.69) is 11.3 Å². The molecule has 0 aliphatic heterocycles. The molecule has 15 heavy (non-hydrogen) atoms. The molecule has 0 saturated carbocycles. The fourth-order valence-electron chi connectivity index (χ4n) is 0.989. The molecule has 0 fully saturated rings. The van der Waals surface area contributed by atoms with Gasteiger partial charge >= 0.3 is 5.97 Å². The van der Waals surface area contributed by atoms with Crippen LogP contribution in [0.2, 0.25) is 0 Å². The molecule has 0 aliphatic rings. The van der Waals surface area contributed by atoms with Crippen molar-refractivity contribution in [2.24, 2.45) is 0 Å². The first kappa shape index (κ1) is 13.6. The second kappa shape index (κ2) is 7.97. The molecular weight excluding hydrogens is 198 g/mol. The predicted molar refractivity (Wildman–Crippen MR) is 52.6 cm³/mol. The summed E-state index contributed by atoms with van der Waals surface area (Å²) in [6.07, 6.45) is -0.705. The molecule has 0 rings (SSSR count).